The molecule has 3 rings (SSSR count). The van der Waals surface area contributed by atoms with Crippen molar-refractivity contribution in [3.8, 4) is 0 Å². The highest BCUT2D eigenvalue weighted by atomic mass is 35.5. The molecule has 2 heterocycles. The maximum atomic E-state index is 12.6. The van der Waals surface area contributed by atoms with Gasteiger partial charge >= 0.3 is 0 Å². The number of rotatable bonds is 2. The molecular formula is C14H25ClN2O2. The lowest BCUT2D eigenvalue weighted by atomic mass is 9.87. The first-order chi connectivity index (χ1) is 8.74. The largest absolute Gasteiger partial charge is 0.381 e. The summed E-state index contributed by atoms with van der Waals surface area (Å²) in [6.07, 6.45) is 5.59. The van der Waals surface area contributed by atoms with Crippen molar-refractivity contribution in [2.75, 3.05) is 32.8 Å². The van der Waals surface area contributed by atoms with Gasteiger partial charge < -0.3 is 15.4 Å². The van der Waals surface area contributed by atoms with Crippen molar-refractivity contribution in [3.63, 3.8) is 0 Å². The Kier molecular flexibility index (Phi) is 4.75. The molecule has 110 valence electrons. The van der Waals surface area contributed by atoms with Gasteiger partial charge in [0.25, 0.3) is 0 Å². The van der Waals surface area contributed by atoms with Crippen molar-refractivity contribution in [3.05, 3.63) is 0 Å². The van der Waals surface area contributed by atoms with Gasteiger partial charge in [-0.05, 0) is 38.1 Å². The van der Waals surface area contributed by atoms with E-state index in [0.717, 1.165) is 52.0 Å². The monoisotopic (exact) mass is 288 g/mol. The van der Waals surface area contributed by atoms with Crippen LogP contribution in [0.15, 0.2) is 0 Å². The lowest BCUT2D eigenvalue weighted by molar-refractivity contribution is -0.135. The zero-order valence-corrected chi connectivity index (χ0v) is 12.3. The molecule has 2 saturated heterocycles. The van der Waals surface area contributed by atoms with Crippen LogP contribution in [0.2, 0.25) is 0 Å². The summed E-state index contributed by atoms with van der Waals surface area (Å²) in [7, 11) is 0. The second kappa shape index (κ2) is 5.98. The highest BCUT2D eigenvalue weighted by molar-refractivity contribution is 5.85. The Balaban J connectivity index is 0.00000133. The van der Waals surface area contributed by atoms with E-state index >= 15 is 0 Å². The van der Waals surface area contributed by atoms with Crippen LogP contribution >= 0.6 is 12.4 Å². The van der Waals surface area contributed by atoms with Gasteiger partial charge in [0, 0.05) is 31.0 Å². The molecule has 1 aliphatic carbocycles. The first-order valence-corrected chi connectivity index (χ1v) is 7.31. The van der Waals surface area contributed by atoms with Crippen LogP contribution in [0.1, 0.15) is 32.1 Å². The van der Waals surface area contributed by atoms with Crippen LogP contribution in [0.4, 0.5) is 0 Å². The molecule has 0 aromatic heterocycles. The standard InChI is InChI=1S/C14H24N2O2.ClH/c15-8-11-2-1-3-12(11)13(17)16-6-4-14(9-16)5-7-18-10-14;/h11-12H,1-10,15H2;1H/t11-,12-,14?;/m1./s1. The molecule has 2 N–H and O–H groups in total. The van der Waals surface area contributed by atoms with Crippen LogP contribution in [-0.4, -0.2) is 43.7 Å². The number of halogens is 1. The van der Waals surface area contributed by atoms with Crippen molar-refractivity contribution in [1.29, 1.82) is 0 Å². The number of nitrogens with zero attached hydrogens (tertiary/aromatic N) is 1. The summed E-state index contributed by atoms with van der Waals surface area (Å²) in [6.45, 7) is 4.23. The molecule has 4 nitrogen and oxygen atoms in total. The maximum Gasteiger partial charge on any atom is 0.226 e. The molecule has 3 aliphatic rings. The van der Waals surface area contributed by atoms with Crippen LogP contribution in [0.25, 0.3) is 0 Å². The summed E-state index contributed by atoms with van der Waals surface area (Å²) in [6, 6.07) is 0. The Morgan fingerprint density at radius 1 is 1.37 bits per heavy atom. The molecule has 0 radical (unpaired) electrons. The fraction of sp³-hybridized carbons (Fsp3) is 0.929. The third-order valence-corrected chi connectivity index (χ3v) is 5.21. The van der Waals surface area contributed by atoms with E-state index in [0.29, 0.717) is 18.4 Å². The molecule has 5 heteroatoms. The van der Waals surface area contributed by atoms with Gasteiger partial charge in [0.2, 0.25) is 5.91 Å². The van der Waals surface area contributed by atoms with Gasteiger partial charge in [0.1, 0.15) is 0 Å². The van der Waals surface area contributed by atoms with Gasteiger partial charge in [-0.15, -0.1) is 12.4 Å². The number of hydrogen-bond acceptors (Lipinski definition) is 3. The molecule has 2 aliphatic heterocycles. The van der Waals surface area contributed by atoms with E-state index in [1.165, 1.54) is 6.42 Å². The molecular weight excluding hydrogens is 264 g/mol. The Morgan fingerprint density at radius 2 is 2.21 bits per heavy atom. The maximum absolute atomic E-state index is 12.6. The summed E-state index contributed by atoms with van der Waals surface area (Å²) in [5, 5.41) is 0. The van der Waals surface area contributed by atoms with Crippen LogP contribution < -0.4 is 5.73 Å². The van der Waals surface area contributed by atoms with Crippen LogP contribution in [0, 0.1) is 17.3 Å². The average Bonchev–Trinajstić information content (AvgIpc) is 3.11. The van der Waals surface area contributed by atoms with Gasteiger partial charge in [-0.1, -0.05) is 6.42 Å². The number of amides is 1. The third kappa shape index (κ3) is 2.76. The predicted molar refractivity (Wildman–Crippen MR) is 76.2 cm³/mol. The molecule has 19 heavy (non-hydrogen) atoms. The summed E-state index contributed by atoms with van der Waals surface area (Å²) >= 11 is 0. The number of carbonyl (C=O) groups excluding carboxylic acids is 1. The highest BCUT2D eigenvalue weighted by Gasteiger charge is 2.45. The average molecular weight is 289 g/mol. The normalized spacial score (nSPS) is 37.8. The van der Waals surface area contributed by atoms with E-state index in [4.69, 9.17) is 10.5 Å². The highest BCUT2D eigenvalue weighted by Crippen LogP contribution is 2.40. The number of ether oxygens (including phenoxy) is 1. The second-order valence-electron chi connectivity index (χ2n) is 6.35. The van der Waals surface area contributed by atoms with Crippen LogP contribution in [0.3, 0.4) is 0 Å². The summed E-state index contributed by atoms with van der Waals surface area (Å²) < 4.78 is 5.52. The number of nitrogens with two attached hydrogens (primary N) is 1. The Bertz CT molecular complexity index is 331. The minimum atomic E-state index is 0. The van der Waals surface area contributed by atoms with Crippen LogP contribution in [-0.2, 0) is 9.53 Å². The van der Waals surface area contributed by atoms with Gasteiger partial charge in [-0.3, -0.25) is 4.79 Å². The topological polar surface area (TPSA) is 55.6 Å². The molecule has 3 fully saturated rings. The van der Waals surface area contributed by atoms with E-state index in [1.54, 1.807) is 0 Å². The van der Waals surface area contributed by atoms with Crippen molar-refractivity contribution < 1.29 is 9.53 Å². The minimum absolute atomic E-state index is 0. The molecule has 1 saturated carbocycles. The van der Waals surface area contributed by atoms with Crippen LogP contribution in [0.5, 0.6) is 0 Å². The van der Waals surface area contributed by atoms with E-state index in [2.05, 4.69) is 4.90 Å². The fourth-order valence-electron chi connectivity index (χ4n) is 3.97. The number of carbonyl (C=O) groups is 1. The van der Waals surface area contributed by atoms with Crippen molar-refractivity contribution in [2.45, 2.75) is 32.1 Å². The Hall–Kier alpha value is -0.320. The third-order valence-electron chi connectivity index (χ3n) is 5.21. The predicted octanol–water partition coefficient (Wildman–Crippen LogP) is 1.42. The Morgan fingerprint density at radius 3 is 2.89 bits per heavy atom. The SMILES string of the molecule is Cl.NC[C@H]1CCC[C@H]1C(=O)N1CCC2(CCOC2)C1. The van der Waals surface area contributed by atoms with Gasteiger partial charge in [-0.2, -0.15) is 0 Å². The van der Waals surface area contributed by atoms with Gasteiger partial charge in [-0.25, -0.2) is 0 Å². The second-order valence-corrected chi connectivity index (χ2v) is 6.35. The zero-order chi connectivity index (χ0) is 12.6. The molecule has 1 amide bonds. The van der Waals surface area contributed by atoms with E-state index < -0.39 is 0 Å². The molecule has 0 aromatic rings. The summed E-state index contributed by atoms with van der Waals surface area (Å²) in [5.41, 5.74) is 6.07. The molecule has 1 unspecified atom stereocenters. The first-order valence-electron chi connectivity index (χ1n) is 7.31. The lowest BCUT2D eigenvalue weighted by Crippen LogP contribution is -2.39. The quantitative estimate of drug-likeness (QED) is 0.836. The van der Waals surface area contributed by atoms with E-state index in [1.807, 2.05) is 0 Å². The van der Waals surface area contributed by atoms with Crippen molar-refractivity contribution in [2.24, 2.45) is 23.0 Å². The number of likely N-dealkylation sites (tertiary alicyclic amines) is 1. The smallest absolute Gasteiger partial charge is 0.226 e. The van der Waals surface area contributed by atoms with Crippen molar-refractivity contribution >= 4 is 18.3 Å². The fourth-order valence-corrected chi connectivity index (χ4v) is 3.97. The van der Waals surface area contributed by atoms with Gasteiger partial charge in [0.15, 0.2) is 0 Å². The number of hydrogen-bond donors (Lipinski definition) is 1. The molecule has 1 spiro atoms. The Labute approximate surface area is 121 Å². The summed E-state index contributed by atoms with van der Waals surface area (Å²) in [5.74, 6) is 0.994. The molecule has 3 atom stereocenters. The molecule has 0 aromatic carbocycles. The lowest BCUT2D eigenvalue weighted by Gasteiger charge is -2.26. The first kappa shape index (κ1) is 15.1. The van der Waals surface area contributed by atoms with Crippen molar-refractivity contribution in [1.82, 2.24) is 4.90 Å². The summed E-state index contributed by atoms with van der Waals surface area (Å²) in [4.78, 5) is 14.7. The minimum Gasteiger partial charge on any atom is -0.381 e. The van der Waals surface area contributed by atoms with Gasteiger partial charge in [0.05, 0.1) is 6.61 Å². The zero-order valence-electron chi connectivity index (χ0n) is 11.5. The van der Waals surface area contributed by atoms with E-state index in [-0.39, 0.29) is 23.7 Å². The van der Waals surface area contributed by atoms with E-state index in [9.17, 15) is 4.79 Å². The molecule has 0 bridgehead atoms.